The zero-order valence-corrected chi connectivity index (χ0v) is 13.2. The fraction of sp³-hybridized carbons (Fsp3) is 0.125. The molecule has 0 atom stereocenters. The first-order chi connectivity index (χ1) is 11.1. The van der Waals surface area contributed by atoms with Gasteiger partial charge in [0, 0.05) is 18.1 Å². The lowest BCUT2D eigenvalue weighted by atomic mass is 10.2. The molecule has 3 rings (SSSR count). The summed E-state index contributed by atoms with van der Waals surface area (Å²) in [4.78, 5) is 7.93. The number of rotatable bonds is 5. The zero-order chi connectivity index (χ0) is 16.4. The van der Waals surface area contributed by atoms with Crippen LogP contribution in [0.5, 0.6) is 5.75 Å². The van der Waals surface area contributed by atoms with Crippen LogP contribution >= 0.6 is 0 Å². The van der Waals surface area contributed by atoms with Gasteiger partial charge in [-0.15, -0.1) is 0 Å². The number of nitrogens with one attached hydrogen (secondary N) is 2. The molecule has 0 fully saturated rings. The van der Waals surface area contributed by atoms with Gasteiger partial charge < -0.3 is 9.82 Å². The Balaban J connectivity index is 2.16. The number of benzene rings is 2. The lowest BCUT2D eigenvalue weighted by molar-refractivity contribution is 0.205. The quantitative estimate of drug-likeness (QED) is 0.704. The third kappa shape index (κ3) is 2.69. The summed E-state index contributed by atoms with van der Waals surface area (Å²) < 4.78 is 39.4. The Labute approximate surface area is 133 Å². The summed E-state index contributed by atoms with van der Waals surface area (Å²) in [5.74, 6) is -0.304. The normalized spacial score (nSPS) is 11.7. The molecule has 1 aromatic heterocycles. The van der Waals surface area contributed by atoms with Crippen LogP contribution in [-0.2, 0) is 9.84 Å². The second kappa shape index (κ2) is 6.02. The topological polar surface area (TPSA) is 71.2 Å². The van der Waals surface area contributed by atoms with Crippen LogP contribution in [0.25, 0.3) is 10.9 Å². The van der Waals surface area contributed by atoms with Crippen LogP contribution in [0.2, 0.25) is 0 Å². The number of H-pyrrole nitrogens is 1. The number of para-hydroxylation sites is 1. The van der Waals surface area contributed by atoms with E-state index in [0.717, 1.165) is 6.07 Å². The van der Waals surface area contributed by atoms with Crippen molar-refractivity contribution in [2.75, 3.05) is 6.54 Å². The minimum Gasteiger partial charge on any atom is -0.407 e. The van der Waals surface area contributed by atoms with Crippen molar-refractivity contribution in [2.45, 2.75) is 16.7 Å². The fourth-order valence-electron chi connectivity index (χ4n) is 2.34. The van der Waals surface area contributed by atoms with Gasteiger partial charge >= 0.3 is 0 Å². The number of fused-ring (bicyclic) bond motifs is 1. The van der Waals surface area contributed by atoms with E-state index in [1.807, 2.05) is 6.92 Å². The molecule has 0 aliphatic heterocycles. The molecule has 3 aromatic rings. The summed E-state index contributed by atoms with van der Waals surface area (Å²) in [7, 11) is -3.97. The van der Waals surface area contributed by atoms with E-state index in [1.54, 1.807) is 18.2 Å². The highest BCUT2D eigenvalue weighted by Crippen LogP contribution is 2.33. The minimum atomic E-state index is -3.97. The zero-order valence-electron chi connectivity index (χ0n) is 12.3. The van der Waals surface area contributed by atoms with E-state index in [4.69, 9.17) is 4.84 Å². The SMILES string of the molecule is CCNOc1cccc2c(S(=O)(=O)c3ccccc3F)c[nH]c12. The van der Waals surface area contributed by atoms with Crippen molar-refractivity contribution in [1.82, 2.24) is 10.5 Å². The highest BCUT2D eigenvalue weighted by atomic mass is 32.2. The first-order valence-electron chi connectivity index (χ1n) is 7.05. The maximum absolute atomic E-state index is 13.9. The van der Waals surface area contributed by atoms with E-state index >= 15 is 0 Å². The van der Waals surface area contributed by atoms with Crippen molar-refractivity contribution in [3.8, 4) is 5.75 Å². The summed E-state index contributed by atoms with van der Waals surface area (Å²) in [6, 6.07) is 10.4. The van der Waals surface area contributed by atoms with Gasteiger partial charge in [0.2, 0.25) is 9.84 Å². The molecule has 23 heavy (non-hydrogen) atoms. The number of sulfone groups is 1. The molecule has 1 heterocycles. The predicted molar refractivity (Wildman–Crippen MR) is 84.5 cm³/mol. The standard InChI is InChI=1S/C16H15FN2O3S/c1-2-19-22-13-8-5-6-11-15(10-18-16(11)13)23(20,21)14-9-4-3-7-12(14)17/h3-10,18-19H,2H2,1H3. The molecular formula is C16H15FN2O3S. The second-order valence-corrected chi connectivity index (χ2v) is 6.75. The van der Waals surface area contributed by atoms with E-state index in [9.17, 15) is 12.8 Å². The van der Waals surface area contributed by atoms with Crippen LogP contribution in [0, 0.1) is 5.82 Å². The third-order valence-corrected chi connectivity index (χ3v) is 5.21. The maximum atomic E-state index is 13.9. The molecule has 0 amide bonds. The van der Waals surface area contributed by atoms with Gasteiger partial charge in [-0.25, -0.2) is 12.8 Å². The molecular weight excluding hydrogens is 319 g/mol. The van der Waals surface area contributed by atoms with Crippen molar-refractivity contribution in [2.24, 2.45) is 0 Å². The summed E-state index contributed by atoms with van der Waals surface area (Å²) in [5.41, 5.74) is 3.25. The fourth-order valence-corrected chi connectivity index (χ4v) is 3.83. The van der Waals surface area contributed by atoms with E-state index in [-0.39, 0.29) is 9.79 Å². The van der Waals surface area contributed by atoms with Gasteiger partial charge in [-0.2, -0.15) is 5.48 Å². The molecule has 0 radical (unpaired) electrons. The smallest absolute Gasteiger partial charge is 0.211 e. The highest BCUT2D eigenvalue weighted by molar-refractivity contribution is 7.91. The summed E-state index contributed by atoms with van der Waals surface area (Å²) in [6.07, 6.45) is 1.35. The molecule has 7 heteroatoms. The van der Waals surface area contributed by atoms with Gasteiger partial charge in [0.1, 0.15) is 10.7 Å². The van der Waals surface area contributed by atoms with Crippen molar-refractivity contribution in [3.63, 3.8) is 0 Å². The summed E-state index contributed by atoms with van der Waals surface area (Å²) >= 11 is 0. The number of halogens is 1. The molecule has 2 aromatic carbocycles. The molecule has 0 aliphatic carbocycles. The summed E-state index contributed by atoms with van der Waals surface area (Å²) in [6.45, 7) is 2.47. The predicted octanol–water partition coefficient (Wildman–Crippen LogP) is 3.04. The van der Waals surface area contributed by atoms with Gasteiger partial charge in [-0.3, -0.25) is 0 Å². The van der Waals surface area contributed by atoms with Crippen molar-refractivity contribution < 1.29 is 17.6 Å². The Morgan fingerprint density at radius 1 is 1.13 bits per heavy atom. The van der Waals surface area contributed by atoms with Crippen LogP contribution in [0.15, 0.2) is 58.5 Å². The molecule has 2 N–H and O–H groups in total. The van der Waals surface area contributed by atoms with E-state index in [2.05, 4.69) is 10.5 Å². The molecule has 0 unspecified atom stereocenters. The average Bonchev–Trinajstić information content (AvgIpc) is 2.98. The molecule has 0 spiro atoms. The van der Waals surface area contributed by atoms with Crippen molar-refractivity contribution in [3.05, 3.63) is 54.5 Å². The van der Waals surface area contributed by atoms with Crippen LogP contribution in [0.1, 0.15) is 6.92 Å². The second-order valence-electron chi connectivity index (χ2n) is 4.87. The number of aromatic nitrogens is 1. The highest BCUT2D eigenvalue weighted by Gasteiger charge is 2.25. The number of hydrogen-bond acceptors (Lipinski definition) is 4. The van der Waals surface area contributed by atoms with Crippen molar-refractivity contribution in [1.29, 1.82) is 0 Å². The van der Waals surface area contributed by atoms with Gasteiger partial charge in [-0.1, -0.05) is 24.3 Å². The number of hydrogen-bond donors (Lipinski definition) is 2. The van der Waals surface area contributed by atoms with Crippen molar-refractivity contribution >= 4 is 20.7 Å². The first-order valence-corrected chi connectivity index (χ1v) is 8.53. The number of hydroxylamine groups is 1. The lowest BCUT2D eigenvalue weighted by Gasteiger charge is -2.07. The molecule has 0 saturated heterocycles. The average molecular weight is 334 g/mol. The number of aromatic amines is 1. The molecule has 0 saturated carbocycles. The van der Waals surface area contributed by atoms with Crippen LogP contribution < -0.4 is 10.3 Å². The lowest BCUT2D eigenvalue weighted by Crippen LogP contribution is -2.17. The van der Waals surface area contributed by atoms with E-state index < -0.39 is 15.7 Å². The molecule has 5 nitrogen and oxygen atoms in total. The Morgan fingerprint density at radius 2 is 1.91 bits per heavy atom. The van der Waals surface area contributed by atoms with Gasteiger partial charge in [-0.05, 0) is 25.1 Å². The van der Waals surface area contributed by atoms with Crippen LogP contribution in [0.4, 0.5) is 4.39 Å². The Morgan fingerprint density at radius 3 is 2.65 bits per heavy atom. The first kappa shape index (κ1) is 15.5. The Kier molecular flexibility index (Phi) is 4.06. The third-order valence-electron chi connectivity index (χ3n) is 3.38. The molecule has 0 aliphatic rings. The molecule has 120 valence electrons. The van der Waals surface area contributed by atoms with Gasteiger partial charge in [0.05, 0.1) is 10.4 Å². The molecule has 0 bridgehead atoms. The van der Waals surface area contributed by atoms with Crippen LogP contribution in [-0.4, -0.2) is 19.9 Å². The van der Waals surface area contributed by atoms with Gasteiger partial charge in [0.25, 0.3) is 0 Å². The van der Waals surface area contributed by atoms with Gasteiger partial charge in [0.15, 0.2) is 5.75 Å². The maximum Gasteiger partial charge on any atom is 0.211 e. The van der Waals surface area contributed by atoms with E-state index in [1.165, 1.54) is 24.4 Å². The van der Waals surface area contributed by atoms with Crippen LogP contribution in [0.3, 0.4) is 0 Å². The Hall–Kier alpha value is -2.38. The summed E-state index contributed by atoms with van der Waals surface area (Å²) in [5, 5.41) is 0.448. The Bertz CT molecular complexity index is 951. The minimum absolute atomic E-state index is 0.0135. The van der Waals surface area contributed by atoms with E-state index in [0.29, 0.717) is 23.2 Å². The monoisotopic (exact) mass is 334 g/mol. The largest absolute Gasteiger partial charge is 0.407 e.